The third-order valence-electron chi connectivity index (χ3n) is 5.08. The lowest BCUT2D eigenvalue weighted by atomic mass is 10.2. The highest BCUT2D eigenvalue weighted by atomic mass is 19.1. The van der Waals surface area contributed by atoms with E-state index in [1.54, 1.807) is 19.3 Å². The van der Waals surface area contributed by atoms with Gasteiger partial charge in [-0.25, -0.2) is 9.37 Å². The molecule has 30 heavy (non-hydrogen) atoms. The van der Waals surface area contributed by atoms with E-state index in [4.69, 9.17) is 4.74 Å². The molecule has 1 fully saturated rings. The van der Waals surface area contributed by atoms with Crippen LogP contribution >= 0.6 is 0 Å². The summed E-state index contributed by atoms with van der Waals surface area (Å²) < 4.78 is 21.4. The van der Waals surface area contributed by atoms with E-state index in [0.717, 1.165) is 19.5 Å². The third kappa shape index (κ3) is 3.90. The molecule has 0 spiro atoms. The Morgan fingerprint density at radius 3 is 2.97 bits per heavy atom. The molecule has 1 atom stereocenters. The molecule has 1 aliphatic rings. The number of nitrogens with zero attached hydrogens (tertiary/aromatic N) is 5. The highest BCUT2D eigenvalue weighted by Gasteiger charge is 2.25. The first-order chi connectivity index (χ1) is 14.5. The second-order valence-corrected chi connectivity index (χ2v) is 7.19. The summed E-state index contributed by atoms with van der Waals surface area (Å²) in [5, 5.41) is 10.6. The molecule has 0 radical (unpaired) electrons. The predicted octanol–water partition coefficient (Wildman–Crippen LogP) is 1.95. The fourth-order valence-electron chi connectivity index (χ4n) is 3.57. The maximum absolute atomic E-state index is 14.3. The van der Waals surface area contributed by atoms with Gasteiger partial charge in [0, 0.05) is 49.6 Å². The summed E-state index contributed by atoms with van der Waals surface area (Å²) in [5.41, 5.74) is 0.765. The first-order valence-electron chi connectivity index (χ1n) is 9.84. The molecule has 4 rings (SSSR count). The molecule has 1 amide bonds. The average Bonchev–Trinajstić information content (AvgIpc) is 3.34. The SMILES string of the molecule is CCOc1nc(N2CCC(NC)C2)ncc1C(=O)Nc1cc(F)c2nn(C)cc2c1. The minimum atomic E-state index is -0.506. The summed E-state index contributed by atoms with van der Waals surface area (Å²) in [7, 11) is 3.64. The van der Waals surface area contributed by atoms with Crippen LogP contribution in [0.5, 0.6) is 5.88 Å². The Kier molecular flexibility index (Phi) is 5.49. The van der Waals surface area contributed by atoms with Gasteiger partial charge in [-0.15, -0.1) is 0 Å². The Labute approximate surface area is 173 Å². The van der Waals surface area contributed by atoms with Crippen molar-refractivity contribution in [1.29, 1.82) is 0 Å². The van der Waals surface area contributed by atoms with Gasteiger partial charge in [0.05, 0.1) is 6.61 Å². The van der Waals surface area contributed by atoms with E-state index < -0.39 is 11.7 Å². The number of fused-ring (bicyclic) bond motifs is 1. The molecular formula is C20H24FN7O2. The zero-order valence-corrected chi connectivity index (χ0v) is 17.1. The first kappa shape index (κ1) is 20.0. The van der Waals surface area contributed by atoms with Crippen molar-refractivity contribution >= 4 is 28.4 Å². The van der Waals surface area contributed by atoms with Crippen LogP contribution in [0.25, 0.3) is 10.9 Å². The Morgan fingerprint density at radius 2 is 2.23 bits per heavy atom. The number of nitrogens with one attached hydrogen (secondary N) is 2. The highest BCUT2D eigenvalue weighted by Crippen LogP contribution is 2.25. The van der Waals surface area contributed by atoms with Crippen molar-refractivity contribution in [3.05, 3.63) is 35.9 Å². The molecule has 0 aliphatic carbocycles. The molecule has 9 nitrogen and oxygen atoms in total. The van der Waals surface area contributed by atoms with Crippen LogP contribution in [0.2, 0.25) is 0 Å². The number of likely N-dealkylation sites (N-methyl/N-ethyl adjacent to an activating group) is 1. The van der Waals surface area contributed by atoms with Crippen LogP contribution in [-0.2, 0) is 7.05 Å². The lowest BCUT2D eigenvalue weighted by Gasteiger charge is -2.18. The largest absolute Gasteiger partial charge is 0.477 e. The molecule has 10 heteroatoms. The zero-order chi connectivity index (χ0) is 21.3. The van der Waals surface area contributed by atoms with Crippen molar-refractivity contribution in [1.82, 2.24) is 25.1 Å². The lowest BCUT2D eigenvalue weighted by molar-refractivity contribution is 0.102. The van der Waals surface area contributed by atoms with Gasteiger partial charge in [0.25, 0.3) is 5.91 Å². The molecule has 3 heterocycles. The van der Waals surface area contributed by atoms with Gasteiger partial charge >= 0.3 is 0 Å². The van der Waals surface area contributed by atoms with Gasteiger partial charge < -0.3 is 20.3 Å². The van der Waals surface area contributed by atoms with E-state index >= 15 is 0 Å². The maximum atomic E-state index is 14.3. The van der Waals surface area contributed by atoms with Crippen LogP contribution in [0.4, 0.5) is 16.0 Å². The Morgan fingerprint density at radius 1 is 1.40 bits per heavy atom. The van der Waals surface area contributed by atoms with Crippen molar-refractivity contribution in [2.75, 3.05) is 37.0 Å². The van der Waals surface area contributed by atoms with E-state index in [0.29, 0.717) is 29.7 Å². The van der Waals surface area contributed by atoms with Crippen LogP contribution in [0, 0.1) is 5.82 Å². The van der Waals surface area contributed by atoms with Crippen LogP contribution in [0.15, 0.2) is 24.5 Å². The summed E-state index contributed by atoms with van der Waals surface area (Å²) >= 11 is 0. The molecular weight excluding hydrogens is 389 g/mol. The molecule has 1 aromatic carbocycles. The summed E-state index contributed by atoms with van der Waals surface area (Å²) in [6.45, 7) is 3.79. The Hall–Kier alpha value is -3.27. The quantitative estimate of drug-likeness (QED) is 0.638. The highest BCUT2D eigenvalue weighted by molar-refractivity contribution is 6.06. The van der Waals surface area contributed by atoms with Gasteiger partial charge in [-0.1, -0.05) is 0 Å². The van der Waals surface area contributed by atoms with Crippen LogP contribution in [-0.4, -0.2) is 58.4 Å². The van der Waals surface area contributed by atoms with Crippen molar-refractivity contribution in [2.45, 2.75) is 19.4 Å². The number of ether oxygens (including phenoxy) is 1. The van der Waals surface area contributed by atoms with Gasteiger partial charge in [0.15, 0.2) is 5.82 Å². The Bertz CT molecular complexity index is 1080. The molecule has 158 valence electrons. The standard InChI is InChI=1S/C20H24FN7O2/c1-4-30-19-15(9-23-20(25-19)28-6-5-13(11-28)22-2)18(29)24-14-7-12-10-27(3)26-17(12)16(21)8-14/h7-10,13,22H,4-6,11H2,1-3H3,(H,24,29). The number of benzene rings is 1. The summed E-state index contributed by atoms with van der Waals surface area (Å²) in [6, 6.07) is 3.29. The van der Waals surface area contributed by atoms with Gasteiger partial charge in [0.1, 0.15) is 11.1 Å². The second-order valence-electron chi connectivity index (χ2n) is 7.19. The average molecular weight is 413 g/mol. The summed E-state index contributed by atoms with van der Waals surface area (Å²) in [6.07, 6.45) is 4.13. The molecule has 1 aliphatic heterocycles. The van der Waals surface area contributed by atoms with Crippen molar-refractivity contribution in [3.8, 4) is 5.88 Å². The van der Waals surface area contributed by atoms with E-state index in [1.165, 1.54) is 16.9 Å². The van der Waals surface area contributed by atoms with E-state index in [-0.39, 0.29) is 17.0 Å². The molecule has 2 aromatic heterocycles. The van der Waals surface area contributed by atoms with Crippen LogP contribution in [0.3, 0.4) is 0 Å². The molecule has 0 bridgehead atoms. The van der Waals surface area contributed by atoms with E-state index in [1.807, 2.05) is 14.0 Å². The van der Waals surface area contributed by atoms with Crippen molar-refractivity contribution < 1.29 is 13.9 Å². The predicted molar refractivity (Wildman–Crippen MR) is 112 cm³/mol. The number of carbonyl (C=O) groups is 1. The number of halogens is 1. The van der Waals surface area contributed by atoms with Crippen LogP contribution in [0.1, 0.15) is 23.7 Å². The first-order valence-corrected chi connectivity index (χ1v) is 9.84. The molecule has 0 saturated carbocycles. The number of carbonyl (C=O) groups excluding carboxylic acids is 1. The number of rotatable bonds is 6. The summed E-state index contributed by atoms with van der Waals surface area (Å²) in [5.74, 6) is -0.248. The molecule has 1 unspecified atom stereocenters. The fraction of sp³-hybridized carbons (Fsp3) is 0.400. The third-order valence-corrected chi connectivity index (χ3v) is 5.08. The number of amides is 1. The van der Waals surface area contributed by atoms with Gasteiger partial charge in [-0.2, -0.15) is 10.1 Å². The molecule has 2 N–H and O–H groups in total. The van der Waals surface area contributed by atoms with Crippen molar-refractivity contribution in [2.24, 2.45) is 7.05 Å². The number of aromatic nitrogens is 4. The van der Waals surface area contributed by atoms with Gasteiger partial charge in [-0.05, 0) is 32.5 Å². The monoisotopic (exact) mass is 413 g/mol. The van der Waals surface area contributed by atoms with Gasteiger partial charge in [0.2, 0.25) is 11.8 Å². The normalized spacial score (nSPS) is 16.3. The van der Waals surface area contributed by atoms with E-state index in [9.17, 15) is 9.18 Å². The summed E-state index contributed by atoms with van der Waals surface area (Å²) in [4.78, 5) is 23.7. The van der Waals surface area contributed by atoms with Crippen molar-refractivity contribution in [3.63, 3.8) is 0 Å². The number of aryl methyl sites for hydroxylation is 1. The van der Waals surface area contributed by atoms with Crippen LogP contribution < -0.4 is 20.3 Å². The molecule has 1 saturated heterocycles. The number of hydrogen-bond donors (Lipinski definition) is 2. The zero-order valence-electron chi connectivity index (χ0n) is 17.1. The Balaban J connectivity index is 1.58. The fourth-order valence-corrected chi connectivity index (χ4v) is 3.57. The maximum Gasteiger partial charge on any atom is 0.262 e. The smallest absolute Gasteiger partial charge is 0.262 e. The second kappa shape index (κ2) is 8.23. The topological polar surface area (TPSA) is 97.2 Å². The minimum Gasteiger partial charge on any atom is -0.477 e. The number of hydrogen-bond acceptors (Lipinski definition) is 7. The molecule has 3 aromatic rings. The number of anilines is 2. The lowest BCUT2D eigenvalue weighted by Crippen LogP contribution is -2.30. The van der Waals surface area contributed by atoms with E-state index in [2.05, 4.69) is 30.6 Å². The minimum absolute atomic E-state index is 0.191. The van der Waals surface area contributed by atoms with Gasteiger partial charge in [-0.3, -0.25) is 9.48 Å².